The highest BCUT2D eigenvalue weighted by molar-refractivity contribution is 9.10. The zero-order valence-corrected chi connectivity index (χ0v) is 12.2. The van der Waals surface area contributed by atoms with E-state index < -0.39 is 0 Å². The Bertz CT molecular complexity index is 543. The molecule has 0 unspecified atom stereocenters. The SMILES string of the molecule is CC1(Nc2nc3cc(Br)ccc3s2)CCCC1. The first-order valence-corrected chi connectivity index (χ1v) is 7.60. The van der Waals surface area contributed by atoms with Gasteiger partial charge in [-0.3, -0.25) is 0 Å². The topological polar surface area (TPSA) is 24.9 Å². The Labute approximate surface area is 114 Å². The molecule has 90 valence electrons. The van der Waals surface area contributed by atoms with Crippen molar-refractivity contribution < 1.29 is 0 Å². The maximum absolute atomic E-state index is 4.66. The summed E-state index contributed by atoms with van der Waals surface area (Å²) in [6, 6.07) is 6.27. The molecule has 4 heteroatoms. The summed E-state index contributed by atoms with van der Waals surface area (Å²) in [4.78, 5) is 4.66. The third-order valence-electron chi connectivity index (χ3n) is 3.47. The Hall–Kier alpha value is -0.610. The zero-order valence-electron chi connectivity index (χ0n) is 9.79. The quantitative estimate of drug-likeness (QED) is 0.861. The highest BCUT2D eigenvalue weighted by Gasteiger charge is 2.29. The van der Waals surface area contributed by atoms with Gasteiger partial charge in [-0.25, -0.2) is 4.98 Å². The molecule has 2 aromatic rings. The fourth-order valence-electron chi connectivity index (χ4n) is 2.49. The highest BCUT2D eigenvalue weighted by Crippen LogP contribution is 2.35. The third kappa shape index (κ3) is 2.33. The van der Waals surface area contributed by atoms with Gasteiger partial charge in [0.2, 0.25) is 0 Å². The summed E-state index contributed by atoms with van der Waals surface area (Å²) >= 11 is 5.23. The predicted octanol–water partition coefficient (Wildman–Crippen LogP) is 4.80. The Kier molecular flexibility index (Phi) is 2.87. The molecule has 1 heterocycles. The molecule has 0 amide bonds. The van der Waals surface area contributed by atoms with Gasteiger partial charge in [0.1, 0.15) is 0 Å². The van der Waals surface area contributed by atoms with Crippen LogP contribution in [-0.2, 0) is 0 Å². The van der Waals surface area contributed by atoms with Crippen molar-refractivity contribution in [2.75, 3.05) is 5.32 Å². The summed E-state index contributed by atoms with van der Waals surface area (Å²) in [5, 5.41) is 4.68. The van der Waals surface area contributed by atoms with Crippen LogP contribution in [0.5, 0.6) is 0 Å². The normalized spacial score (nSPS) is 18.7. The second-order valence-electron chi connectivity index (χ2n) is 5.02. The van der Waals surface area contributed by atoms with E-state index in [1.165, 1.54) is 30.4 Å². The molecule has 1 fully saturated rings. The Morgan fingerprint density at radius 1 is 1.35 bits per heavy atom. The molecule has 0 spiro atoms. The average molecular weight is 311 g/mol. The van der Waals surface area contributed by atoms with Crippen molar-refractivity contribution in [3.05, 3.63) is 22.7 Å². The summed E-state index contributed by atoms with van der Waals surface area (Å²) in [6.45, 7) is 2.31. The van der Waals surface area contributed by atoms with Gasteiger partial charge in [-0.15, -0.1) is 0 Å². The number of nitrogens with zero attached hydrogens (tertiary/aromatic N) is 1. The first-order valence-electron chi connectivity index (χ1n) is 5.99. The van der Waals surface area contributed by atoms with Gasteiger partial charge in [0.05, 0.1) is 10.2 Å². The van der Waals surface area contributed by atoms with Crippen LogP contribution in [0.15, 0.2) is 22.7 Å². The van der Waals surface area contributed by atoms with Crippen LogP contribution in [0.25, 0.3) is 10.2 Å². The minimum Gasteiger partial charge on any atom is -0.356 e. The van der Waals surface area contributed by atoms with Crippen molar-refractivity contribution >= 4 is 42.6 Å². The Balaban J connectivity index is 1.90. The number of nitrogens with one attached hydrogen (secondary N) is 1. The van der Waals surface area contributed by atoms with Crippen molar-refractivity contribution in [3.63, 3.8) is 0 Å². The van der Waals surface area contributed by atoms with Crippen molar-refractivity contribution in [2.45, 2.75) is 38.1 Å². The standard InChI is InChI=1S/C13H15BrN2S/c1-13(6-2-3-7-13)16-12-15-10-8-9(14)4-5-11(10)17-12/h4-5,8H,2-3,6-7H2,1H3,(H,15,16). The number of thiazole rings is 1. The van der Waals surface area contributed by atoms with Crippen molar-refractivity contribution in [1.29, 1.82) is 0 Å². The summed E-state index contributed by atoms with van der Waals surface area (Å²) in [5.74, 6) is 0. The fourth-order valence-corrected chi connectivity index (χ4v) is 3.84. The van der Waals surface area contributed by atoms with Gasteiger partial charge < -0.3 is 5.32 Å². The van der Waals surface area contributed by atoms with Gasteiger partial charge >= 0.3 is 0 Å². The minimum absolute atomic E-state index is 0.255. The van der Waals surface area contributed by atoms with E-state index in [4.69, 9.17) is 0 Å². The van der Waals surface area contributed by atoms with E-state index in [0.717, 1.165) is 15.1 Å². The van der Waals surface area contributed by atoms with Gasteiger partial charge in [-0.05, 0) is 38.0 Å². The lowest BCUT2D eigenvalue weighted by Gasteiger charge is -2.24. The van der Waals surface area contributed by atoms with E-state index in [1.807, 2.05) is 0 Å². The van der Waals surface area contributed by atoms with Crippen LogP contribution >= 0.6 is 27.3 Å². The maximum Gasteiger partial charge on any atom is 0.184 e. The molecular formula is C13H15BrN2S. The molecule has 1 N–H and O–H groups in total. The molecule has 0 bridgehead atoms. The van der Waals surface area contributed by atoms with Crippen molar-refractivity contribution in [2.24, 2.45) is 0 Å². The number of anilines is 1. The fraction of sp³-hybridized carbons (Fsp3) is 0.462. The molecule has 1 aliphatic carbocycles. The Morgan fingerprint density at radius 3 is 2.88 bits per heavy atom. The van der Waals surface area contributed by atoms with Crippen molar-refractivity contribution in [3.8, 4) is 0 Å². The Morgan fingerprint density at radius 2 is 2.12 bits per heavy atom. The molecule has 0 aliphatic heterocycles. The predicted molar refractivity (Wildman–Crippen MR) is 77.8 cm³/mol. The molecule has 0 atom stereocenters. The molecule has 0 saturated heterocycles. The molecule has 1 aromatic carbocycles. The summed E-state index contributed by atoms with van der Waals surface area (Å²) in [7, 11) is 0. The first-order chi connectivity index (χ1) is 8.15. The van der Waals surface area contributed by atoms with Gasteiger partial charge in [0.25, 0.3) is 0 Å². The number of hydrogen-bond donors (Lipinski definition) is 1. The monoisotopic (exact) mass is 310 g/mol. The van der Waals surface area contributed by atoms with Gasteiger partial charge in [-0.2, -0.15) is 0 Å². The first kappa shape index (κ1) is 11.5. The lowest BCUT2D eigenvalue weighted by molar-refractivity contribution is 0.533. The zero-order chi connectivity index (χ0) is 11.9. The second kappa shape index (κ2) is 4.25. The van der Waals surface area contributed by atoms with Crippen LogP contribution in [0.2, 0.25) is 0 Å². The van der Waals surface area contributed by atoms with Crippen LogP contribution in [0, 0.1) is 0 Å². The van der Waals surface area contributed by atoms with Gasteiger partial charge in [0.15, 0.2) is 5.13 Å². The van der Waals surface area contributed by atoms with E-state index in [0.29, 0.717) is 0 Å². The summed E-state index contributed by atoms with van der Waals surface area (Å²) in [6.07, 6.45) is 5.18. The minimum atomic E-state index is 0.255. The number of benzene rings is 1. The lowest BCUT2D eigenvalue weighted by atomic mass is 10.0. The molecular weight excluding hydrogens is 296 g/mol. The molecule has 1 aliphatic rings. The number of fused-ring (bicyclic) bond motifs is 1. The molecule has 1 aromatic heterocycles. The van der Waals surface area contributed by atoms with Crippen LogP contribution in [0.3, 0.4) is 0 Å². The second-order valence-corrected chi connectivity index (χ2v) is 6.97. The number of halogens is 1. The summed E-state index contributed by atoms with van der Waals surface area (Å²) in [5.41, 5.74) is 1.33. The molecule has 1 saturated carbocycles. The largest absolute Gasteiger partial charge is 0.356 e. The van der Waals surface area contributed by atoms with Gasteiger partial charge in [-0.1, -0.05) is 40.1 Å². The van der Waals surface area contributed by atoms with E-state index >= 15 is 0 Å². The lowest BCUT2D eigenvalue weighted by Crippen LogP contribution is -2.30. The third-order valence-corrected chi connectivity index (χ3v) is 4.91. The van der Waals surface area contributed by atoms with E-state index in [-0.39, 0.29) is 5.54 Å². The smallest absolute Gasteiger partial charge is 0.184 e. The maximum atomic E-state index is 4.66. The number of rotatable bonds is 2. The van der Waals surface area contributed by atoms with Crippen LogP contribution in [0.4, 0.5) is 5.13 Å². The average Bonchev–Trinajstić information content (AvgIpc) is 2.84. The highest BCUT2D eigenvalue weighted by atomic mass is 79.9. The molecule has 17 heavy (non-hydrogen) atoms. The number of hydrogen-bond acceptors (Lipinski definition) is 3. The molecule has 3 rings (SSSR count). The van der Waals surface area contributed by atoms with Crippen LogP contribution in [-0.4, -0.2) is 10.5 Å². The molecule has 0 radical (unpaired) electrons. The summed E-state index contributed by atoms with van der Waals surface area (Å²) < 4.78 is 2.34. The van der Waals surface area contributed by atoms with Crippen molar-refractivity contribution in [1.82, 2.24) is 4.98 Å². The van der Waals surface area contributed by atoms with Gasteiger partial charge in [0, 0.05) is 10.0 Å². The van der Waals surface area contributed by atoms with Crippen LogP contribution in [0.1, 0.15) is 32.6 Å². The van der Waals surface area contributed by atoms with E-state index in [2.05, 4.69) is 51.4 Å². The van der Waals surface area contributed by atoms with E-state index in [1.54, 1.807) is 11.3 Å². The van der Waals surface area contributed by atoms with E-state index in [9.17, 15) is 0 Å². The van der Waals surface area contributed by atoms with Crippen LogP contribution < -0.4 is 5.32 Å². The molecule has 2 nitrogen and oxygen atoms in total. The number of aromatic nitrogens is 1.